The van der Waals surface area contributed by atoms with Gasteiger partial charge in [-0.15, -0.1) is 0 Å². The van der Waals surface area contributed by atoms with Gasteiger partial charge < -0.3 is 15.2 Å². The highest BCUT2D eigenvalue weighted by Crippen LogP contribution is 2.23. The van der Waals surface area contributed by atoms with E-state index in [2.05, 4.69) is 0 Å². The molecular formula is C14H16F3NO4. The Morgan fingerprint density at radius 1 is 1.27 bits per heavy atom. The molecule has 1 rings (SSSR count). The first kappa shape index (κ1) is 18.0. The quantitative estimate of drug-likeness (QED) is 0.808. The zero-order valence-corrected chi connectivity index (χ0v) is 11.8. The third-order valence-corrected chi connectivity index (χ3v) is 2.72. The molecule has 122 valence electrons. The second-order valence-electron chi connectivity index (χ2n) is 4.46. The van der Waals surface area contributed by atoms with E-state index in [9.17, 15) is 22.8 Å². The molecule has 1 amide bonds. The van der Waals surface area contributed by atoms with Crippen LogP contribution in [0, 0.1) is 0 Å². The molecule has 0 aliphatic heterocycles. The number of carboxylic acid groups (broad SMARTS) is 1. The fraction of sp³-hybridized carbons (Fsp3) is 0.429. The van der Waals surface area contributed by atoms with Gasteiger partial charge in [-0.3, -0.25) is 4.79 Å². The Morgan fingerprint density at radius 3 is 2.32 bits per heavy atom. The summed E-state index contributed by atoms with van der Waals surface area (Å²) in [7, 11) is 0. The van der Waals surface area contributed by atoms with Crippen LogP contribution in [0.3, 0.4) is 0 Å². The lowest BCUT2D eigenvalue weighted by Gasteiger charge is -2.21. The summed E-state index contributed by atoms with van der Waals surface area (Å²) in [6, 6.07) is 6.06. The van der Waals surface area contributed by atoms with E-state index in [0.717, 1.165) is 0 Å². The summed E-state index contributed by atoms with van der Waals surface area (Å²) in [4.78, 5) is 22.9. The number of nitrogens with one attached hydrogen (secondary N) is 1. The van der Waals surface area contributed by atoms with Crippen molar-refractivity contribution < 1.29 is 32.6 Å². The number of hydrogen-bond donors (Lipinski definition) is 2. The Morgan fingerprint density at radius 2 is 1.86 bits per heavy atom. The molecular weight excluding hydrogens is 303 g/mol. The van der Waals surface area contributed by atoms with Crippen molar-refractivity contribution in [1.82, 2.24) is 5.32 Å². The van der Waals surface area contributed by atoms with Gasteiger partial charge in [-0.2, -0.15) is 13.2 Å². The van der Waals surface area contributed by atoms with E-state index in [4.69, 9.17) is 9.84 Å². The van der Waals surface area contributed by atoms with Crippen LogP contribution in [0.5, 0.6) is 0 Å². The SMILES string of the molecule is CCOC(C(=O)NC(CC(F)(F)F)C(=O)O)c1ccccc1. The summed E-state index contributed by atoms with van der Waals surface area (Å²) in [5.41, 5.74) is 0.429. The van der Waals surface area contributed by atoms with Crippen molar-refractivity contribution >= 4 is 11.9 Å². The average Bonchev–Trinajstić information content (AvgIpc) is 2.43. The number of carboxylic acids is 1. The number of carbonyl (C=O) groups is 2. The van der Waals surface area contributed by atoms with Crippen LogP contribution >= 0.6 is 0 Å². The van der Waals surface area contributed by atoms with Crippen LogP contribution < -0.4 is 5.32 Å². The summed E-state index contributed by atoms with van der Waals surface area (Å²) in [5, 5.41) is 10.7. The number of hydrogen-bond acceptors (Lipinski definition) is 3. The Kier molecular flexibility index (Phi) is 6.36. The zero-order valence-electron chi connectivity index (χ0n) is 11.8. The highest BCUT2D eigenvalue weighted by Gasteiger charge is 2.37. The van der Waals surface area contributed by atoms with Crippen LogP contribution in [0.25, 0.3) is 0 Å². The molecule has 0 heterocycles. The van der Waals surface area contributed by atoms with Crippen molar-refractivity contribution in [2.75, 3.05) is 6.61 Å². The van der Waals surface area contributed by atoms with E-state index in [-0.39, 0.29) is 6.61 Å². The Bertz CT molecular complexity index is 505. The molecule has 0 fully saturated rings. The molecule has 1 aromatic rings. The van der Waals surface area contributed by atoms with Gasteiger partial charge in [0.05, 0.1) is 6.42 Å². The molecule has 0 saturated carbocycles. The van der Waals surface area contributed by atoms with Crippen molar-refractivity contribution in [2.45, 2.75) is 31.7 Å². The topological polar surface area (TPSA) is 75.6 Å². The van der Waals surface area contributed by atoms with Gasteiger partial charge in [-0.05, 0) is 12.5 Å². The first-order valence-electron chi connectivity index (χ1n) is 6.51. The van der Waals surface area contributed by atoms with E-state index >= 15 is 0 Å². The number of alkyl halides is 3. The first-order chi connectivity index (χ1) is 10.2. The lowest BCUT2D eigenvalue weighted by molar-refractivity contribution is -0.161. The van der Waals surface area contributed by atoms with E-state index in [1.807, 2.05) is 5.32 Å². The van der Waals surface area contributed by atoms with Gasteiger partial charge in [-0.1, -0.05) is 30.3 Å². The molecule has 2 N–H and O–H groups in total. The number of rotatable bonds is 7. The number of carbonyl (C=O) groups excluding carboxylic acids is 1. The highest BCUT2D eigenvalue weighted by atomic mass is 19.4. The molecule has 0 aliphatic carbocycles. The smallest absolute Gasteiger partial charge is 0.391 e. The van der Waals surface area contributed by atoms with Crippen LogP contribution in [0.2, 0.25) is 0 Å². The molecule has 0 radical (unpaired) electrons. The van der Waals surface area contributed by atoms with Crippen molar-refractivity contribution in [3.05, 3.63) is 35.9 Å². The maximum absolute atomic E-state index is 12.3. The highest BCUT2D eigenvalue weighted by molar-refractivity contribution is 5.87. The van der Waals surface area contributed by atoms with Gasteiger partial charge >= 0.3 is 12.1 Å². The zero-order chi connectivity index (χ0) is 16.8. The number of aliphatic carboxylic acids is 1. The summed E-state index contributed by atoms with van der Waals surface area (Å²) >= 11 is 0. The normalized spacial score (nSPS) is 14.2. The fourth-order valence-electron chi connectivity index (χ4n) is 1.80. The number of amides is 1. The molecule has 1 aromatic carbocycles. The minimum absolute atomic E-state index is 0.143. The van der Waals surface area contributed by atoms with Crippen molar-refractivity contribution in [1.29, 1.82) is 0 Å². The minimum Gasteiger partial charge on any atom is -0.480 e. The fourth-order valence-corrected chi connectivity index (χ4v) is 1.80. The standard InChI is InChI=1S/C14H16F3NO4/c1-2-22-11(9-6-4-3-5-7-9)12(19)18-10(13(20)21)8-14(15,16)17/h3-7,10-11H,2,8H2,1H3,(H,18,19)(H,20,21). The van der Waals surface area contributed by atoms with Crippen LogP contribution in [0.1, 0.15) is 25.0 Å². The van der Waals surface area contributed by atoms with Gasteiger partial charge in [0.2, 0.25) is 0 Å². The van der Waals surface area contributed by atoms with Crippen LogP contribution in [0.4, 0.5) is 13.2 Å². The second kappa shape index (κ2) is 7.79. The van der Waals surface area contributed by atoms with Gasteiger partial charge in [0.25, 0.3) is 5.91 Å². The predicted molar refractivity (Wildman–Crippen MR) is 71.0 cm³/mol. The van der Waals surface area contributed by atoms with Gasteiger partial charge in [0.1, 0.15) is 6.04 Å². The maximum Gasteiger partial charge on any atom is 0.391 e. The van der Waals surface area contributed by atoms with Crippen molar-refractivity contribution in [3.8, 4) is 0 Å². The van der Waals surface area contributed by atoms with Crippen LogP contribution in [-0.2, 0) is 14.3 Å². The minimum atomic E-state index is -4.70. The average molecular weight is 319 g/mol. The van der Waals surface area contributed by atoms with Crippen molar-refractivity contribution in [2.24, 2.45) is 0 Å². The molecule has 0 saturated heterocycles. The molecule has 0 aromatic heterocycles. The maximum atomic E-state index is 12.3. The molecule has 0 spiro atoms. The third-order valence-electron chi connectivity index (χ3n) is 2.72. The number of ether oxygens (including phenoxy) is 1. The molecule has 0 aliphatic rings. The predicted octanol–water partition coefficient (Wildman–Crippen LogP) is 2.29. The molecule has 5 nitrogen and oxygen atoms in total. The van der Waals surface area contributed by atoms with Crippen LogP contribution in [0.15, 0.2) is 30.3 Å². The van der Waals surface area contributed by atoms with Gasteiger partial charge in [0.15, 0.2) is 6.10 Å². The number of benzene rings is 1. The molecule has 22 heavy (non-hydrogen) atoms. The van der Waals surface area contributed by atoms with Gasteiger partial charge in [-0.25, -0.2) is 4.79 Å². The molecule has 0 bridgehead atoms. The van der Waals surface area contributed by atoms with E-state index in [1.54, 1.807) is 37.3 Å². The lowest BCUT2D eigenvalue weighted by atomic mass is 10.1. The lowest BCUT2D eigenvalue weighted by Crippen LogP contribution is -2.45. The number of halogens is 3. The van der Waals surface area contributed by atoms with E-state index in [0.29, 0.717) is 5.56 Å². The Balaban J connectivity index is 2.87. The summed E-state index contributed by atoms with van der Waals surface area (Å²) in [6.07, 6.45) is -7.52. The largest absolute Gasteiger partial charge is 0.480 e. The second-order valence-corrected chi connectivity index (χ2v) is 4.46. The first-order valence-corrected chi connectivity index (χ1v) is 6.51. The molecule has 8 heteroatoms. The van der Waals surface area contributed by atoms with Gasteiger partial charge in [0, 0.05) is 6.61 Å². The summed E-state index contributed by atoms with van der Waals surface area (Å²) in [5.74, 6) is -2.68. The van der Waals surface area contributed by atoms with E-state index in [1.165, 1.54) is 0 Å². The Hall–Kier alpha value is -2.09. The summed E-state index contributed by atoms with van der Waals surface area (Å²) in [6.45, 7) is 1.76. The molecule has 2 atom stereocenters. The van der Waals surface area contributed by atoms with Crippen molar-refractivity contribution in [3.63, 3.8) is 0 Å². The van der Waals surface area contributed by atoms with Crippen LogP contribution in [-0.4, -0.2) is 35.8 Å². The summed E-state index contributed by atoms with van der Waals surface area (Å²) < 4.78 is 42.2. The Labute approximate surface area is 125 Å². The van der Waals surface area contributed by atoms with E-state index < -0.39 is 36.6 Å². The monoisotopic (exact) mass is 319 g/mol. The molecule has 2 unspecified atom stereocenters. The third kappa shape index (κ3) is 5.72.